The van der Waals surface area contributed by atoms with Crippen molar-refractivity contribution in [2.75, 3.05) is 0 Å². The smallest absolute Gasteiger partial charge is 0.388 e. The highest BCUT2D eigenvalue weighted by atomic mass is 19.4. The molecule has 33 heavy (non-hydrogen) atoms. The molecule has 0 aliphatic heterocycles. The predicted octanol–water partition coefficient (Wildman–Crippen LogP) is 6.92. The molecule has 2 rings (SSSR count). The van der Waals surface area contributed by atoms with E-state index >= 15 is 0 Å². The van der Waals surface area contributed by atoms with Gasteiger partial charge in [-0.1, -0.05) is 0 Å². The molecule has 0 aromatic heterocycles. The standard InChI is InChI=1S/C19H12F12O2/c20-16(21,22)10-1-8(2-11(5-10)17(23,24)25)14(32)7-15(33)9-3-12(18(26,27)28)6-13(4-9)19(29,30)31/h1-6,14-15,32-33H,7H2. The Bertz CT molecular complexity index is 842. The van der Waals surface area contributed by atoms with Gasteiger partial charge in [-0.15, -0.1) is 0 Å². The highest BCUT2D eigenvalue weighted by molar-refractivity contribution is 5.37. The van der Waals surface area contributed by atoms with Gasteiger partial charge in [-0.25, -0.2) is 0 Å². The fourth-order valence-electron chi connectivity index (χ4n) is 2.83. The van der Waals surface area contributed by atoms with Crippen molar-refractivity contribution in [2.45, 2.75) is 43.3 Å². The van der Waals surface area contributed by atoms with Crippen LogP contribution < -0.4 is 0 Å². The summed E-state index contributed by atoms with van der Waals surface area (Å²) >= 11 is 0. The van der Waals surface area contributed by atoms with Crippen molar-refractivity contribution in [3.8, 4) is 0 Å². The lowest BCUT2D eigenvalue weighted by atomic mass is 9.94. The third-order valence-electron chi connectivity index (χ3n) is 4.44. The second-order valence-electron chi connectivity index (χ2n) is 6.95. The summed E-state index contributed by atoms with van der Waals surface area (Å²) in [7, 11) is 0. The van der Waals surface area contributed by atoms with Crippen LogP contribution >= 0.6 is 0 Å². The lowest BCUT2D eigenvalue weighted by Crippen LogP contribution is -2.15. The molecular formula is C19H12F12O2. The van der Waals surface area contributed by atoms with Crippen LogP contribution in [0, 0.1) is 0 Å². The van der Waals surface area contributed by atoms with E-state index in [0.29, 0.717) is 0 Å². The fraction of sp³-hybridized carbons (Fsp3) is 0.368. The number of halogens is 12. The summed E-state index contributed by atoms with van der Waals surface area (Å²) in [5, 5.41) is 20.1. The lowest BCUT2D eigenvalue weighted by molar-refractivity contribution is -0.144. The van der Waals surface area contributed by atoms with Gasteiger partial charge in [-0.3, -0.25) is 0 Å². The van der Waals surface area contributed by atoms with Gasteiger partial charge in [0, 0.05) is 6.42 Å². The minimum atomic E-state index is -5.27. The molecule has 14 heteroatoms. The summed E-state index contributed by atoms with van der Waals surface area (Å²) in [6, 6.07) is 0.0176. The van der Waals surface area contributed by atoms with Crippen LogP contribution in [0.25, 0.3) is 0 Å². The highest BCUT2D eigenvalue weighted by Gasteiger charge is 2.39. The average molecular weight is 500 g/mol. The molecule has 0 aliphatic rings. The minimum Gasteiger partial charge on any atom is -0.388 e. The van der Waals surface area contributed by atoms with Crippen molar-refractivity contribution in [1.29, 1.82) is 0 Å². The van der Waals surface area contributed by atoms with Crippen LogP contribution in [0.15, 0.2) is 36.4 Å². The number of alkyl halides is 12. The van der Waals surface area contributed by atoms with Crippen molar-refractivity contribution in [2.24, 2.45) is 0 Å². The van der Waals surface area contributed by atoms with E-state index < -0.39 is 76.7 Å². The minimum absolute atomic E-state index is 0.125. The normalized spacial score (nSPS) is 15.5. The SMILES string of the molecule is OC(CC(O)c1cc(C(F)(F)F)cc(C(F)(F)F)c1)c1cc(C(F)(F)F)cc(C(F)(F)F)c1. The van der Waals surface area contributed by atoms with Gasteiger partial charge in [-0.2, -0.15) is 52.7 Å². The number of aliphatic hydroxyl groups excluding tert-OH is 2. The van der Waals surface area contributed by atoms with Crippen molar-refractivity contribution in [1.82, 2.24) is 0 Å². The molecule has 0 bridgehead atoms. The van der Waals surface area contributed by atoms with Crippen LogP contribution in [0.4, 0.5) is 52.7 Å². The van der Waals surface area contributed by atoms with E-state index in [-0.39, 0.29) is 36.4 Å². The maximum atomic E-state index is 12.9. The Kier molecular flexibility index (Phi) is 7.06. The largest absolute Gasteiger partial charge is 0.416 e. The number of rotatable bonds is 4. The molecule has 2 N–H and O–H groups in total. The first-order valence-corrected chi connectivity index (χ1v) is 8.64. The van der Waals surface area contributed by atoms with Gasteiger partial charge in [0.25, 0.3) is 0 Å². The Labute approximate surface area is 177 Å². The first kappa shape index (κ1) is 26.8. The molecule has 0 aliphatic carbocycles. The molecule has 0 amide bonds. The molecule has 2 atom stereocenters. The van der Waals surface area contributed by atoms with E-state index in [1.807, 2.05) is 0 Å². The topological polar surface area (TPSA) is 40.5 Å². The molecular weight excluding hydrogens is 488 g/mol. The third kappa shape index (κ3) is 6.76. The van der Waals surface area contributed by atoms with Gasteiger partial charge in [0.05, 0.1) is 34.5 Å². The molecule has 0 fully saturated rings. The molecule has 2 aromatic rings. The van der Waals surface area contributed by atoms with Gasteiger partial charge in [0.1, 0.15) is 0 Å². The number of hydrogen-bond acceptors (Lipinski definition) is 2. The van der Waals surface area contributed by atoms with Crippen LogP contribution in [0.1, 0.15) is 52.0 Å². The number of benzene rings is 2. The van der Waals surface area contributed by atoms with E-state index in [1.54, 1.807) is 0 Å². The van der Waals surface area contributed by atoms with Gasteiger partial charge in [0.2, 0.25) is 0 Å². The molecule has 0 saturated carbocycles. The summed E-state index contributed by atoms with van der Waals surface area (Å²) < 4.78 is 155. The van der Waals surface area contributed by atoms with Gasteiger partial charge < -0.3 is 10.2 Å². The van der Waals surface area contributed by atoms with E-state index in [9.17, 15) is 62.9 Å². The Morgan fingerprint density at radius 2 is 0.667 bits per heavy atom. The summed E-state index contributed by atoms with van der Waals surface area (Å²) in [6.07, 6.45) is -26.9. The predicted molar refractivity (Wildman–Crippen MR) is 87.4 cm³/mol. The van der Waals surface area contributed by atoms with Crippen molar-refractivity contribution < 1.29 is 62.9 Å². The van der Waals surface area contributed by atoms with E-state index in [0.717, 1.165) is 0 Å². The maximum absolute atomic E-state index is 12.9. The Morgan fingerprint density at radius 1 is 0.455 bits per heavy atom. The zero-order valence-corrected chi connectivity index (χ0v) is 15.8. The molecule has 0 saturated heterocycles. The van der Waals surface area contributed by atoms with Crippen molar-refractivity contribution >= 4 is 0 Å². The zero-order valence-electron chi connectivity index (χ0n) is 15.8. The van der Waals surface area contributed by atoms with Crippen LogP contribution in [-0.2, 0) is 24.7 Å². The lowest BCUT2D eigenvalue weighted by Gasteiger charge is -2.21. The third-order valence-corrected chi connectivity index (χ3v) is 4.44. The van der Waals surface area contributed by atoms with Crippen LogP contribution in [0.5, 0.6) is 0 Å². The zero-order chi connectivity index (χ0) is 25.6. The Balaban J connectivity index is 2.46. The van der Waals surface area contributed by atoms with Crippen molar-refractivity contribution in [3.63, 3.8) is 0 Å². The molecule has 0 radical (unpaired) electrons. The van der Waals surface area contributed by atoms with Crippen LogP contribution in [-0.4, -0.2) is 10.2 Å². The highest BCUT2D eigenvalue weighted by Crippen LogP contribution is 2.41. The number of hydrogen-bond donors (Lipinski definition) is 2. The second-order valence-corrected chi connectivity index (χ2v) is 6.95. The monoisotopic (exact) mass is 500 g/mol. The quantitative estimate of drug-likeness (QED) is 0.448. The summed E-state index contributed by atoms with van der Waals surface area (Å²) in [4.78, 5) is 0. The molecule has 0 heterocycles. The summed E-state index contributed by atoms with van der Waals surface area (Å²) in [5.41, 5.74) is -9.23. The molecule has 2 nitrogen and oxygen atoms in total. The van der Waals surface area contributed by atoms with E-state index in [2.05, 4.69) is 0 Å². The maximum Gasteiger partial charge on any atom is 0.416 e. The molecule has 2 unspecified atom stereocenters. The average Bonchev–Trinajstić information content (AvgIpc) is 2.64. The second kappa shape index (κ2) is 8.70. The van der Waals surface area contributed by atoms with Gasteiger partial charge in [0.15, 0.2) is 0 Å². The van der Waals surface area contributed by atoms with Crippen molar-refractivity contribution in [3.05, 3.63) is 69.8 Å². The van der Waals surface area contributed by atoms with Crippen LogP contribution in [0.3, 0.4) is 0 Å². The summed E-state index contributed by atoms with van der Waals surface area (Å²) in [6.45, 7) is 0. The molecule has 0 spiro atoms. The van der Waals surface area contributed by atoms with Gasteiger partial charge in [-0.05, 0) is 47.5 Å². The molecule has 184 valence electrons. The summed E-state index contributed by atoms with van der Waals surface area (Å²) in [5.74, 6) is 0. The van der Waals surface area contributed by atoms with Gasteiger partial charge >= 0.3 is 24.7 Å². The first-order chi connectivity index (χ1) is 14.7. The first-order valence-electron chi connectivity index (χ1n) is 8.64. The van der Waals surface area contributed by atoms with Crippen LogP contribution in [0.2, 0.25) is 0 Å². The Morgan fingerprint density at radius 3 is 0.848 bits per heavy atom. The Hall–Kier alpha value is -2.48. The number of aliphatic hydroxyl groups is 2. The fourth-order valence-corrected chi connectivity index (χ4v) is 2.83. The van der Waals surface area contributed by atoms with E-state index in [1.165, 1.54) is 0 Å². The van der Waals surface area contributed by atoms with E-state index in [4.69, 9.17) is 0 Å². The molecule has 2 aromatic carbocycles.